The molecule has 0 aliphatic heterocycles. The molecule has 2 atom stereocenters. The number of nitrogens with one attached hydrogen (secondary N) is 1. The van der Waals surface area contributed by atoms with Gasteiger partial charge in [0.05, 0.1) is 25.4 Å². The Morgan fingerprint density at radius 2 is 0.662 bits per heavy atom. The van der Waals surface area contributed by atoms with Gasteiger partial charge >= 0.3 is 5.97 Å². The first kappa shape index (κ1) is 69.6. The van der Waals surface area contributed by atoms with Crippen LogP contribution in [0.1, 0.15) is 367 Å². The monoisotopic (exact) mass is 1000 g/mol. The topological polar surface area (TPSA) is 95.9 Å². The predicted molar refractivity (Wildman–Crippen MR) is 310 cm³/mol. The average molecular weight is 1000 g/mol. The fourth-order valence-electron chi connectivity index (χ4n) is 10.3. The molecule has 3 N–H and O–H groups in total. The van der Waals surface area contributed by atoms with Crippen LogP contribution in [0.4, 0.5) is 0 Å². The molecule has 0 saturated carbocycles. The van der Waals surface area contributed by atoms with Crippen LogP contribution in [0.15, 0.2) is 12.2 Å². The molecule has 6 nitrogen and oxygen atoms in total. The zero-order valence-corrected chi connectivity index (χ0v) is 48.2. The zero-order valence-electron chi connectivity index (χ0n) is 48.2. The third-order valence-corrected chi connectivity index (χ3v) is 15.3. The van der Waals surface area contributed by atoms with Crippen LogP contribution in [0.3, 0.4) is 0 Å². The third-order valence-electron chi connectivity index (χ3n) is 15.3. The molecule has 71 heavy (non-hydrogen) atoms. The molecule has 0 aliphatic carbocycles. The molecule has 0 aromatic rings. The van der Waals surface area contributed by atoms with E-state index in [1.54, 1.807) is 0 Å². The Morgan fingerprint density at radius 1 is 0.380 bits per heavy atom. The minimum atomic E-state index is -0.673. The second kappa shape index (κ2) is 61.1. The van der Waals surface area contributed by atoms with Crippen molar-refractivity contribution in [3.05, 3.63) is 12.2 Å². The molecule has 0 saturated heterocycles. The lowest BCUT2D eigenvalue weighted by Crippen LogP contribution is -2.45. The van der Waals surface area contributed by atoms with Gasteiger partial charge in [0.15, 0.2) is 0 Å². The average Bonchev–Trinajstić information content (AvgIpc) is 3.37. The summed E-state index contributed by atoms with van der Waals surface area (Å²) in [7, 11) is 0. The van der Waals surface area contributed by atoms with Gasteiger partial charge in [0.25, 0.3) is 0 Å². The van der Waals surface area contributed by atoms with Crippen molar-refractivity contribution in [3.63, 3.8) is 0 Å². The van der Waals surface area contributed by atoms with Gasteiger partial charge < -0.3 is 20.3 Å². The number of aliphatic hydroxyl groups excluding tert-OH is 2. The Balaban J connectivity index is 3.42. The van der Waals surface area contributed by atoms with Crippen molar-refractivity contribution in [2.45, 2.75) is 379 Å². The molecule has 0 rings (SSSR count). The largest absolute Gasteiger partial charge is 0.466 e. The number of carbonyl (C=O) groups is 2. The Kier molecular flexibility index (Phi) is 59.9. The van der Waals surface area contributed by atoms with Crippen LogP contribution in [0.2, 0.25) is 0 Å². The van der Waals surface area contributed by atoms with E-state index in [0.717, 1.165) is 51.4 Å². The summed E-state index contributed by atoms with van der Waals surface area (Å²) in [4.78, 5) is 24.6. The van der Waals surface area contributed by atoms with Crippen molar-refractivity contribution in [2.24, 2.45) is 0 Å². The molecule has 0 fully saturated rings. The van der Waals surface area contributed by atoms with Crippen LogP contribution in [-0.2, 0) is 14.3 Å². The lowest BCUT2D eigenvalue weighted by atomic mass is 10.0. The summed E-state index contributed by atoms with van der Waals surface area (Å²) in [5, 5.41) is 23.3. The van der Waals surface area contributed by atoms with E-state index in [2.05, 4.69) is 31.3 Å². The number of carbonyl (C=O) groups excluding carboxylic acids is 2. The van der Waals surface area contributed by atoms with Crippen LogP contribution >= 0.6 is 0 Å². The van der Waals surface area contributed by atoms with Crippen molar-refractivity contribution in [2.75, 3.05) is 13.2 Å². The molecule has 0 aromatic carbocycles. The summed E-state index contributed by atoms with van der Waals surface area (Å²) in [6.45, 7) is 4.98. The molecule has 0 radical (unpaired) electrons. The number of rotatable bonds is 61. The fraction of sp³-hybridized carbons (Fsp3) is 0.938. The molecule has 0 bridgehead atoms. The number of amides is 1. The Morgan fingerprint density at radius 3 is 1.00 bits per heavy atom. The highest BCUT2D eigenvalue weighted by Crippen LogP contribution is 2.18. The number of ether oxygens (including phenoxy) is 1. The van der Waals surface area contributed by atoms with E-state index < -0.39 is 12.1 Å². The number of unbranched alkanes of at least 4 members (excludes halogenated alkanes) is 48. The second-order valence-electron chi connectivity index (χ2n) is 22.5. The highest BCUT2D eigenvalue weighted by atomic mass is 16.5. The molecule has 0 aromatic heterocycles. The first-order valence-corrected chi connectivity index (χ1v) is 32.4. The highest BCUT2D eigenvalue weighted by molar-refractivity contribution is 5.76. The number of esters is 1. The lowest BCUT2D eigenvalue weighted by molar-refractivity contribution is -0.143. The van der Waals surface area contributed by atoms with Gasteiger partial charge in [-0.15, -0.1) is 0 Å². The third kappa shape index (κ3) is 57.7. The molecule has 1 amide bonds. The van der Waals surface area contributed by atoms with E-state index in [0.29, 0.717) is 25.9 Å². The molecule has 422 valence electrons. The first-order chi connectivity index (χ1) is 35.0. The van der Waals surface area contributed by atoms with Crippen LogP contribution in [0.5, 0.6) is 0 Å². The Bertz CT molecular complexity index is 1060. The summed E-state index contributed by atoms with van der Waals surface area (Å²) >= 11 is 0. The van der Waals surface area contributed by atoms with Crippen molar-refractivity contribution in [1.29, 1.82) is 0 Å². The SMILES string of the molecule is CCCCCCCCCCCCCCCCCCCCCC(O)C(CO)NC(=O)CCCCCCC/C=C\CCCCCCCCCCCOC(=O)CCCCCCCCCCCCCCCCCCC. The maximum Gasteiger partial charge on any atom is 0.305 e. The number of hydrogen-bond acceptors (Lipinski definition) is 5. The van der Waals surface area contributed by atoms with Crippen LogP contribution < -0.4 is 5.32 Å². The van der Waals surface area contributed by atoms with Crippen molar-refractivity contribution in [3.8, 4) is 0 Å². The quantitative estimate of drug-likeness (QED) is 0.0320. The Labute approximate surface area is 444 Å². The van der Waals surface area contributed by atoms with Crippen LogP contribution in [0, 0.1) is 0 Å². The predicted octanol–water partition coefficient (Wildman–Crippen LogP) is 20.4. The van der Waals surface area contributed by atoms with E-state index in [4.69, 9.17) is 4.74 Å². The van der Waals surface area contributed by atoms with E-state index in [1.165, 1.54) is 283 Å². The van der Waals surface area contributed by atoms with Crippen molar-refractivity contribution < 1.29 is 24.5 Å². The number of allylic oxidation sites excluding steroid dienone is 2. The molecular weight excluding hydrogens is 875 g/mol. The summed E-state index contributed by atoms with van der Waals surface area (Å²) < 4.78 is 5.49. The normalized spacial score (nSPS) is 12.6. The van der Waals surface area contributed by atoms with Gasteiger partial charge in [-0.3, -0.25) is 9.59 Å². The molecule has 0 spiro atoms. The van der Waals surface area contributed by atoms with E-state index in [9.17, 15) is 19.8 Å². The van der Waals surface area contributed by atoms with Gasteiger partial charge in [0.2, 0.25) is 5.91 Å². The summed E-state index contributed by atoms with van der Waals surface area (Å²) in [5.74, 6) is -0.0374. The lowest BCUT2D eigenvalue weighted by Gasteiger charge is -2.22. The summed E-state index contributed by atoms with van der Waals surface area (Å²) in [6.07, 6.45) is 73.7. The molecule has 0 aliphatic rings. The van der Waals surface area contributed by atoms with Gasteiger partial charge in [0, 0.05) is 12.8 Å². The van der Waals surface area contributed by atoms with E-state index in [-0.39, 0.29) is 18.5 Å². The first-order valence-electron chi connectivity index (χ1n) is 32.4. The van der Waals surface area contributed by atoms with Gasteiger partial charge in [0.1, 0.15) is 0 Å². The molecule has 0 heterocycles. The van der Waals surface area contributed by atoms with Gasteiger partial charge in [-0.1, -0.05) is 315 Å². The van der Waals surface area contributed by atoms with Gasteiger partial charge in [-0.25, -0.2) is 0 Å². The zero-order chi connectivity index (χ0) is 51.4. The standard InChI is InChI=1S/C65H127NO5/c1-3-5-7-9-11-13-15-17-19-21-22-26-29-33-37-41-45-49-53-57-63(68)62(61-67)66-64(69)58-54-50-46-42-38-34-30-27-23-24-28-32-36-40-44-48-52-56-60-71-65(70)59-55-51-47-43-39-35-31-25-20-18-16-14-12-10-8-6-4-2/h27,30,62-63,67-68H,3-26,28-29,31-61H2,1-2H3,(H,66,69)/b30-27-. The molecular formula is C65H127NO5. The number of aliphatic hydroxyl groups is 2. The van der Waals surface area contributed by atoms with Gasteiger partial charge in [-0.2, -0.15) is 0 Å². The smallest absolute Gasteiger partial charge is 0.305 e. The Hall–Kier alpha value is -1.40. The summed E-state index contributed by atoms with van der Waals surface area (Å²) in [5.41, 5.74) is 0. The maximum atomic E-state index is 12.5. The molecule has 6 heteroatoms. The van der Waals surface area contributed by atoms with Gasteiger partial charge in [-0.05, 0) is 51.4 Å². The summed E-state index contributed by atoms with van der Waals surface area (Å²) in [6, 6.07) is -0.551. The van der Waals surface area contributed by atoms with Crippen molar-refractivity contribution in [1.82, 2.24) is 5.32 Å². The maximum absolute atomic E-state index is 12.5. The molecule has 2 unspecified atom stereocenters. The highest BCUT2D eigenvalue weighted by Gasteiger charge is 2.20. The number of hydrogen-bond donors (Lipinski definition) is 3. The second-order valence-corrected chi connectivity index (χ2v) is 22.5. The van der Waals surface area contributed by atoms with E-state index >= 15 is 0 Å². The van der Waals surface area contributed by atoms with Crippen LogP contribution in [-0.4, -0.2) is 47.4 Å². The van der Waals surface area contributed by atoms with Crippen molar-refractivity contribution >= 4 is 11.9 Å². The minimum Gasteiger partial charge on any atom is -0.466 e. The minimum absolute atomic E-state index is 0.00799. The van der Waals surface area contributed by atoms with Crippen LogP contribution in [0.25, 0.3) is 0 Å². The van der Waals surface area contributed by atoms with E-state index in [1.807, 2.05) is 0 Å². The fourth-order valence-corrected chi connectivity index (χ4v) is 10.3.